The molecule has 1 amide bonds. The first-order chi connectivity index (χ1) is 3.31. The van der Waals surface area contributed by atoms with Crippen molar-refractivity contribution in [3.05, 3.63) is 7.11 Å². The average molecular weight is 101 g/mol. The van der Waals surface area contributed by atoms with Crippen molar-refractivity contribution in [2.45, 2.75) is 6.92 Å². The molecular formula is C4H7NO2. The molecule has 0 aromatic heterocycles. The van der Waals surface area contributed by atoms with Gasteiger partial charge in [0.1, 0.15) is 0 Å². The molecule has 0 fully saturated rings. The highest BCUT2D eigenvalue weighted by Crippen LogP contribution is 1.68. The van der Waals surface area contributed by atoms with Crippen molar-refractivity contribution in [1.82, 2.24) is 5.32 Å². The second kappa shape index (κ2) is 3.46. The van der Waals surface area contributed by atoms with E-state index in [0.29, 0.717) is 6.54 Å². The van der Waals surface area contributed by atoms with Gasteiger partial charge in [0.15, 0.2) is 7.11 Å². The summed E-state index contributed by atoms with van der Waals surface area (Å²) in [5.41, 5.74) is 0. The molecule has 0 aliphatic heterocycles. The quantitative estimate of drug-likeness (QED) is 0.519. The van der Waals surface area contributed by atoms with Crippen LogP contribution in [0.4, 0.5) is 4.79 Å². The van der Waals surface area contributed by atoms with Gasteiger partial charge in [-0.15, -0.1) is 0 Å². The van der Waals surface area contributed by atoms with Crippen LogP contribution in [-0.2, 0) is 4.74 Å². The maximum Gasteiger partial charge on any atom is 0.407 e. The highest BCUT2D eigenvalue weighted by atomic mass is 16.5. The first kappa shape index (κ1) is 6.27. The van der Waals surface area contributed by atoms with Gasteiger partial charge in [0, 0.05) is 6.54 Å². The lowest BCUT2D eigenvalue weighted by Gasteiger charge is -1.94. The van der Waals surface area contributed by atoms with Crippen molar-refractivity contribution in [2.24, 2.45) is 0 Å². The van der Waals surface area contributed by atoms with E-state index in [9.17, 15) is 4.79 Å². The fourth-order valence-corrected chi connectivity index (χ4v) is 0.186. The van der Waals surface area contributed by atoms with Crippen molar-refractivity contribution >= 4 is 6.09 Å². The maximum absolute atomic E-state index is 9.95. The summed E-state index contributed by atoms with van der Waals surface area (Å²) in [6.07, 6.45) is -0.595. The fourth-order valence-electron chi connectivity index (χ4n) is 0.186. The Morgan fingerprint density at radius 2 is 2.57 bits per heavy atom. The molecule has 0 saturated carbocycles. The van der Waals surface area contributed by atoms with Crippen molar-refractivity contribution < 1.29 is 9.53 Å². The predicted octanol–water partition coefficient (Wildman–Crippen LogP) is 0.401. The van der Waals surface area contributed by atoms with Gasteiger partial charge in [-0.2, -0.15) is 0 Å². The van der Waals surface area contributed by atoms with Crippen LogP contribution >= 0.6 is 0 Å². The zero-order chi connectivity index (χ0) is 5.70. The van der Waals surface area contributed by atoms with E-state index in [1.807, 2.05) is 0 Å². The molecule has 40 valence electrons. The third kappa shape index (κ3) is 3.09. The number of alkyl carbamates (subject to hydrolysis) is 1. The second-order valence-electron chi connectivity index (χ2n) is 0.936. The third-order valence-corrected chi connectivity index (χ3v) is 0.428. The van der Waals surface area contributed by atoms with Crippen LogP contribution < -0.4 is 5.32 Å². The molecule has 0 bridgehead atoms. The summed E-state index contributed by atoms with van der Waals surface area (Å²) in [4.78, 5) is 9.95. The molecule has 0 aromatic carbocycles. The van der Waals surface area contributed by atoms with Crippen LogP contribution in [0.15, 0.2) is 0 Å². The van der Waals surface area contributed by atoms with Crippen LogP contribution in [0, 0.1) is 7.11 Å². The van der Waals surface area contributed by atoms with Gasteiger partial charge in [-0.25, -0.2) is 4.79 Å². The fraction of sp³-hybridized carbons (Fsp3) is 0.500. The summed E-state index contributed by atoms with van der Waals surface area (Å²) in [6, 6.07) is 0. The van der Waals surface area contributed by atoms with Crippen LogP contribution in [0.5, 0.6) is 0 Å². The van der Waals surface area contributed by atoms with Crippen molar-refractivity contribution in [1.29, 1.82) is 0 Å². The minimum Gasteiger partial charge on any atom is -0.438 e. The lowest BCUT2D eigenvalue weighted by atomic mass is 10.8. The highest BCUT2D eigenvalue weighted by molar-refractivity contribution is 5.66. The smallest absolute Gasteiger partial charge is 0.407 e. The van der Waals surface area contributed by atoms with Gasteiger partial charge in [0.2, 0.25) is 0 Å². The zero-order valence-corrected chi connectivity index (χ0v) is 4.10. The Morgan fingerprint density at radius 1 is 2.00 bits per heavy atom. The summed E-state index contributed by atoms with van der Waals surface area (Å²) in [5.74, 6) is 0. The van der Waals surface area contributed by atoms with E-state index in [1.54, 1.807) is 6.92 Å². The Balaban J connectivity index is 3.00. The topological polar surface area (TPSA) is 38.3 Å². The Kier molecular flexibility index (Phi) is 3.10. The molecule has 3 nitrogen and oxygen atoms in total. The van der Waals surface area contributed by atoms with Crippen molar-refractivity contribution in [3.63, 3.8) is 0 Å². The lowest BCUT2D eigenvalue weighted by Crippen LogP contribution is -2.21. The zero-order valence-electron chi connectivity index (χ0n) is 4.10. The SMILES string of the molecule is [CH]OC(=O)NCC. The van der Waals surface area contributed by atoms with Gasteiger partial charge in [0.25, 0.3) is 0 Å². The Hall–Kier alpha value is -0.730. The van der Waals surface area contributed by atoms with Crippen LogP contribution in [0.2, 0.25) is 0 Å². The van der Waals surface area contributed by atoms with E-state index in [4.69, 9.17) is 0 Å². The molecule has 0 saturated heterocycles. The molecule has 0 atom stereocenters. The number of carbonyl (C=O) groups is 1. The molecule has 3 heteroatoms. The van der Waals surface area contributed by atoms with Gasteiger partial charge < -0.3 is 10.1 Å². The average Bonchev–Trinajstić information content (AvgIpc) is 1.68. The summed E-state index contributed by atoms with van der Waals surface area (Å²) in [5, 5.41) is 2.31. The van der Waals surface area contributed by atoms with Crippen LogP contribution in [-0.4, -0.2) is 12.6 Å². The summed E-state index contributed by atoms with van der Waals surface area (Å²) < 4.78 is 3.74. The molecule has 0 spiro atoms. The van der Waals surface area contributed by atoms with E-state index in [-0.39, 0.29) is 0 Å². The number of hydrogen-bond donors (Lipinski definition) is 1. The normalized spacial score (nSPS) is 7.71. The molecular weight excluding hydrogens is 94.0 g/mol. The number of rotatable bonds is 1. The van der Waals surface area contributed by atoms with E-state index in [1.165, 1.54) is 0 Å². The lowest BCUT2D eigenvalue weighted by molar-refractivity contribution is 0.184. The van der Waals surface area contributed by atoms with Gasteiger partial charge in [-0.05, 0) is 6.92 Å². The number of carbonyl (C=O) groups excluding carboxylic acids is 1. The van der Waals surface area contributed by atoms with E-state index >= 15 is 0 Å². The number of ether oxygens (including phenoxy) is 1. The van der Waals surface area contributed by atoms with Crippen LogP contribution in [0.1, 0.15) is 6.92 Å². The number of amides is 1. The number of nitrogens with one attached hydrogen (secondary N) is 1. The minimum absolute atomic E-state index is 0.538. The van der Waals surface area contributed by atoms with Crippen LogP contribution in [0.25, 0.3) is 0 Å². The summed E-state index contributed by atoms with van der Waals surface area (Å²) in [7, 11) is 4.45. The minimum atomic E-state index is -0.595. The first-order valence-corrected chi connectivity index (χ1v) is 1.95. The van der Waals surface area contributed by atoms with E-state index < -0.39 is 6.09 Å². The maximum atomic E-state index is 9.95. The van der Waals surface area contributed by atoms with Gasteiger partial charge in [0.05, 0.1) is 0 Å². The van der Waals surface area contributed by atoms with Crippen molar-refractivity contribution in [2.75, 3.05) is 6.54 Å². The van der Waals surface area contributed by atoms with Gasteiger partial charge in [-0.3, -0.25) is 0 Å². The van der Waals surface area contributed by atoms with Crippen LogP contribution in [0.3, 0.4) is 0 Å². The Bertz CT molecular complexity index is 62.7. The molecule has 0 unspecified atom stereocenters. The summed E-state index contributed by atoms with van der Waals surface area (Å²) >= 11 is 0. The predicted molar refractivity (Wildman–Crippen MR) is 24.5 cm³/mol. The summed E-state index contributed by atoms with van der Waals surface area (Å²) in [6.45, 7) is 2.31. The molecule has 2 radical (unpaired) electrons. The highest BCUT2D eigenvalue weighted by Gasteiger charge is 1.90. The van der Waals surface area contributed by atoms with E-state index in [2.05, 4.69) is 17.2 Å². The Morgan fingerprint density at radius 3 is 2.71 bits per heavy atom. The van der Waals surface area contributed by atoms with Gasteiger partial charge >= 0.3 is 6.09 Å². The molecule has 0 aliphatic rings. The largest absolute Gasteiger partial charge is 0.438 e. The van der Waals surface area contributed by atoms with E-state index in [0.717, 1.165) is 0 Å². The molecule has 7 heavy (non-hydrogen) atoms. The molecule has 0 aromatic rings. The van der Waals surface area contributed by atoms with Gasteiger partial charge in [-0.1, -0.05) is 0 Å². The molecule has 0 heterocycles. The third-order valence-electron chi connectivity index (χ3n) is 0.428. The first-order valence-electron chi connectivity index (χ1n) is 1.95. The number of hydrogen-bond acceptors (Lipinski definition) is 2. The Labute approximate surface area is 42.7 Å². The van der Waals surface area contributed by atoms with Crippen molar-refractivity contribution in [3.8, 4) is 0 Å². The monoisotopic (exact) mass is 101 g/mol. The standard InChI is InChI=1S/C4H7NO2/c1-3-5-4(6)7-2/h2H,3H2,1H3,(H,5,6). The molecule has 0 aliphatic carbocycles. The molecule has 1 N–H and O–H groups in total. The second-order valence-corrected chi connectivity index (χ2v) is 0.936. The molecule has 0 rings (SSSR count).